The van der Waals surface area contributed by atoms with Gasteiger partial charge in [0, 0.05) is 12.0 Å². The molecular weight excluding hydrogens is 233 g/mol. The fourth-order valence-electron chi connectivity index (χ4n) is 0.911. The Bertz CT molecular complexity index is 268. The zero-order valence-corrected chi connectivity index (χ0v) is 11.4. The predicted molar refractivity (Wildman–Crippen MR) is 70.7 cm³/mol. The standard InChI is InChI=1S/C9H17NOPS2/c1-9(2,3)10-11-12(13,14)8-6-4-5-7-8/h4-6,10,13-14H,7H2,1-3H3/q+1. The number of hydroxylamine groups is 1. The zero-order chi connectivity index (χ0) is 10.8. The number of nitrogens with one attached hydrogen (secondary N) is 1. The van der Waals surface area contributed by atoms with Crippen molar-refractivity contribution in [1.82, 2.24) is 5.48 Å². The molecule has 1 rings (SSSR count). The molecule has 0 saturated carbocycles. The minimum Gasteiger partial charge on any atom is -0.155 e. The number of hydrogen-bond donors (Lipinski definition) is 3. The van der Waals surface area contributed by atoms with Gasteiger partial charge in [0.05, 0.1) is 24.5 Å². The lowest BCUT2D eigenvalue weighted by atomic mass is 10.1. The summed E-state index contributed by atoms with van der Waals surface area (Å²) in [5.74, 6) is -2.01. The maximum atomic E-state index is 5.56. The van der Waals surface area contributed by atoms with Crippen LogP contribution in [0.25, 0.3) is 0 Å². The maximum Gasteiger partial charge on any atom is 0.310 e. The second kappa shape index (κ2) is 4.58. The Hall–Kier alpha value is 0.530. The summed E-state index contributed by atoms with van der Waals surface area (Å²) in [6.45, 7) is 6.11. The first-order valence-electron chi connectivity index (χ1n) is 4.48. The summed E-state index contributed by atoms with van der Waals surface area (Å²) in [5, 5.41) is 1.15. The fraction of sp³-hybridized carbons (Fsp3) is 0.556. The second-order valence-electron chi connectivity index (χ2n) is 4.28. The fourth-order valence-corrected chi connectivity index (χ4v) is 3.19. The van der Waals surface area contributed by atoms with Crippen molar-refractivity contribution in [2.75, 3.05) is 0 Å². The molecule has 1 N–H and O–H groups in total. The van der Waals surface area contributed by atoms with E-state index in [0.717, 1.165) is 11.7 Å². The topological polar surface area (TPSA) is 21.3 Å². The summed E-state index contributed by atoms with van der Waals surface area (Å²) in [6, 6.07) is 0. The first-order valence-corrected chi connectivity index (χ1v) is 8.49. The third-order valence-electron chi connectivity index (χ3n) is 1.60. The van der Waals surface area contributed by atoms with Gasteiger partial charge in [0.15, 0.2) is 0 Å². The SMILES string of the molecule is CC(C)(C)NO[P+](S)(S)C1=CC=CC1. The molecule has 1 aliphatic carbocycles. The number of thiol groups is 2. The lowest BCUT2D eigenvalue weighted by Gasteiger charge is -2.22. The van der Waals surface area contributed by atoms with E-state index in [1.54, 1.807) is 0 Å². The van der Waals surface area contributed by atoms with Gasteiger partial charge in [0.1, 0.15) is 5.31 Å². The molecule has 5 heteroatoms. The van der Waals surface area contributed by atoms with Crippen LogP contribution in [-0.4, -0.2) is 5.54 Å². The first-order chi connectivity index (χ1) is 6.31. The Morgan fingerprint density at radius 3 is 2.50 bits per heavy atom. The quantitative estimate of drug-likeness (QED) is 0.403. The summed E-state index contributed by atoms with van der Waals surface area (Å²) in [7, 11) is 0. The van der Waals surface area contributed by atoms with Crippen LogP contribution in [0.2, 0.25) is 0 Å². The molecule has 0 bridgehead atoms. The lowest BCUT2D eigenvalue weighted by Crippen LogP contribution is -2.34. The lowest BCUT2D eigenvalue weighted by molar-refractivity contribution is 0.140. The van der Waals surface area contributed by atoms with Crippen molar-refractivity contribution in [3.05, 3.63) is 23.5 Å². The monoisotopic (exact) mass is 250 g/mol. The molecule has 0 fully saturated rings. The van der Waals surface area contributed by atoms with Crippen molar-refractivity contribution in [3.8, 4) is 0 Å². The Morgan fingerprint density at radius 2 is 2.07 bits per heavy atom. The first kappa shape index (κ1) is 12.6. The van der Waals surface area contributed by atoms with E-state index in [9.17, 15) is 0 Å². The van der Waals surface area contributed by atoms with Gasteiger partial charge in [0.2, 0.25) is 0 Å². The van der Waals surface area contributed by atoms with E-state index in [1.165, 1.54) is 0 Å². The molecule has 0 aliphatic heterocycles. The van der Waals surface area contributed by atoms with Crippen molar-refractivity contribution in [1.29, 1.82) is 0 Å². The summed E-state index contributed by atoms with van der Waals surface area (Å²) < 4.78 is 5.56. The highest BCUT2D eigenvalue weighted by atomic mass is 33.1. The van der Waals surface area contributed by atoms with E-state index in [-0.39, 0.29) is 5.54 Å². The van der Waals surface area contributed by atoms with E-state index in [1.807, 2.05) is 32.9 Å². The van der Waals surface area contributed by atoms with E-state index in [2.05, 4.69) is 36.1 Å². The molecule has 0 amide bonds. The molecule has 0 spiro atoms. The van der Waals surface area contributed by atoms with Gasteiger partial charge >= 0.3 is 5.89 Å². The van der Waals surface area contributed by atoms with E-state index in [0.29, 0.717) is 0 Å². The van der Waals surface area contributed by atoms with Gasteiger partial charge in [-0.2, -0.15) is 5.48 Å². The molecule has 0 aromatic rings. The Morgan fingerprint density at radius 1 is 1.43 bits per heavy atom. The van der Waals surface area contributed by atoms with Crippen LogP contribution in [0.4, 0.5) is 0 Å². The molecule has 2 nitrogen and oxygen atoms in total. The smallest absolute Gasteiger partial charge is 0.155 e. The molecule has 0 aromatic heterocycles. The van der Waals surface area contributed by atoms with Gasteiger partial charge in [-0.1, -0.05) is 12.2 Å². The van der Waals surface area contributed by atoms with Crippen molar-refractivity contribution in [2.24, 2.45) is 0 Å². The molecule has 0 radical (unpaired) electrons. The highest BCUT2D eigenvalue weighted by molar-refractivity contribution is 8.85. The third-order valence-corrected chi connectivity index (χ3v) is 5.06. The summed E-state index contributed by atoms with van der Waals surface area (Å²) in [4.78, 5) is 0. The van der Waals surface area contributed by atoms with Crippen molar-refractivity contribution < 1.29 is 4.62 Å². The van der Waals surface area contributed by atoms with Crippen LogP contribution in [0.1, 0.15) is 27.2 Å². The largest absolute Gasteiger partial charge is 0.310 e. The van der Waals surface area contributed by atoms with Crippen LogP contribution in [0.3, 0.4) is 0 Å². The van der Waals surface area contributed by atoms with E-state index >= 15 is 0 Å². The molecule has 0 atom stereocenters. The van der Waals surface area contributed by atoms with Gasteiger partial charge in [-0.3, -0.25) is 0 Å². The van der Waals surface area contributed by atoms with Crippen molar-refractivity contribution >= 4 is 30.4 Å². The van der Waals surface area contributed by atoms with Gasteiger partial charge in [-0.05, 0) is 26.8 Å². The molecule has 0 aromatic carbocycles. The highest BCUT2D eigenvalue weighted by Gasteiger charge is 2.40. The Balaban J connectivity index is 2.50. The summed E-state index contributed by atoms with van der Waals surface area (Å²) in [6.07, 6.45) is 7.01. The molecular formula is C9H17NOPS2+. The van der Waals surface area contributed by atoms with Crippen LogP contribution in [-0.2, 0) is 4.62 Å². The molecule has 0 unspecified atom stereocenters. The predicted octanol–water partition coefficient (Wildman–Crippen LogP) is 3.77. The summed E-state index contributed by atoms with van der Waals surface area (Å²) >= 11 is 8.95. The van der Waals surface area contributed by atoms with Crippen LogP contribution >= 0.6 is 30.4 Å². The number of allylic oxidation sites excluding steroid dienone is 4. The average Bonchev–Trinajstić information content (AvgIpc) is 2.52. The van der Waals surface area contributed by atoms with E-state index < -0.39 is 5.89 Å². The van der Waals surface area contributed by atoms with Crippen LogP contribution in [0.5, 0.6) is 0 Å². The van der Waals surface area contributed by atoms with Crippen LogP contribution in [0, 0.1) is 0 Å². The minimum absolute atomic E-state index is 0.0801. The van der Waals surface area contributed by atoms with E-state index in [4.69, 9.17) is 4.62 Å². The maximum absolute atomic E-state index is 5.56. The van der Waals surface area contributed by atoms with Gasteiger partial charge < -0.3 is 0 Å². The zero-order valence-electron chi connectivity index (χ0n) is 8.69. The molecule has 80 valence electrons. The van der Waals surface area contributed by atoms with Gasteiger partial charge in [-0.25, -0.2) is 0 Å². The molecule has 0 heterocycles. The van der Waals surface area contributed by atoms with Crippen LogP contribution in [0.15, 0.2) is 23.5 Å². The molecule has 14 heavy (non-hydrogen) atoms. The Labute approximate surface area is 96.9 Å². The normalized spacial score (nSPS) is 17.4. The minimum atomic E-state index is -2.01. The Kier molecular flexibility index (Phi) is 4.12. The van der Waals surface area contributed by atoms with Gasteiger partial charge in [-0.15, -0.1) is 4.62 Å². The third kappa shape index (κ3) is 3.95. The summed E-state index contributed by atoms with van der Waals surface area (Å²) in [5.41, 5.74) is 2.89. The van der Waals surface area contributed by atoms with Crippen molar-refractivity contribution in [2.45, 2.75) is 32.7 Å². The average molecular weight is 250 g/mol. The molecule has 1 aliphatic rings. The van der Waals surface area contributed by atoms with Gasteiger partial charge in [0.25, 0.3) is 0 Å². The number of rotatable bonds is 3. The second-order valence-corrected chi connectivity index (χ2v) is 10.4. The van der Waals surface area contributed by atoms with Crippen molar-refractivity contribution in [3.63, 3.8) is 0 Å². The number of hydrogen-bond acceptors (Lipinski definition) is 4. The van der Waals surface area contributed by atoms with Crippen LogP contribution < -0.4 is 5.48 Å². The highest BCUT2D eigenvalue weighted by Crippen LogP contribution is 2.75. The molecule has 0 saturated heterocycles.